The summed E-state index contributed by atoms with van der Waals surface area (Å²) in [6, 6.07) is 24.1. The van der Waals surface area contributed by atoms with Crippen LogP contribution in [0.4, 0.5) is 0 Å². The van der Waals surface area contributed by atoms with E-state index >= 15 is 0 Å². The minimum atomic E-state index is -2.89. The average Bonchev–Trinajstić information content (AvgIpc) is 2.62. The molecule has 0 aromatic heterocycles. The number of hydrogen-bond acceptors (Lipinski definition) is 1. The first-order valence-corrected chi connectivity index (χ1v) is 10.1. The molecule has 0 bridgehead atoms. The van der Waals surface area contributed by atoms with Crippen LogP contribution in [0.25, 0.3) is 0 Å². The van der Waals surface area contributed by atoms with Crippen LogP contribution in [0.2, 0.25) is 0 Å². The highest BCUT2D eigenvalue weighted by atomic mass is 31.2. The molecular formula is C22H23OP. The van der Waals surface area contributed by atoms with Gasteiger partial charge in [-0.05, 0) is 31.4 Å². The Hall–Kier alpha value is -2.11. The molecule has 0 saturated carbocycles. The molecule has 0 atom stereocenters. The Morgan fingerprint density at radius 1 is 0.792 bits per heavy atom. The second kappa shape index (κ2) is 6.79. The third-order valence-corrected chi connectivity index (χ3v) is 7.78. The van der Waals surface area contributed by atoms with Gasteiger partial charge in [0.2, 0.25) is 0 Å². The molecule has 0 saturated heterocycles. The summed E-state index contributed by atoms with van der Waals surface area (Å²) in [5.74, 6) is 0. The summed E-state index contributed by atoms with van der Waals surface area (Å²) in [5.41, 5.74) is 3.52. The smallest absolute Gasteiger partial charge is 0.171 e. The van der Waals surface area contributed by atoms with Crippen LogP contribution in [0.3, 0.4) is 0 Å². The normalized spacial score (nSPS) is 11.5. The zero-order valence-corrected chi connectivity index (χ0v) is 15.4. The van der Waals surface area contributed by atoms with Gasteiger partial charge in [-0.1, -0.05) is 85.3 Å². The van der Waals surface area contributed by atoms with Gasteiger partial charge < -0.3 is 4.57 Å². The van der Waals surface area contributed by atoms with Gasteiger partial charge in [0.25, 0.3) is 0 Å². The van der Waals surface area contributed by atoms with Crippen LogP contribution < -0.4 is 15.9 Å². The zero-order chi connectivity index (χ0) is 17.2. The van der Waals surface area contributed by atoms with Crippen LogP contribution >= 0.6 is 7.14 Å². The van der Waals surface area contributed by atoms with Crippen LogP contribution in [0.1, 0.15) is 23.6 Å². The molecule has 0 aliphatic rings. The summed E-state index contributed by atoms with van der Waals surface area (Å²) >= 11 is 0. The predicted molar refractivity (Wildman–Crippen MR) is 105 cm³/mol. The van der Waals surface area contributed by atoms with Crippen molar-refractivity contribution in [1.29, 1.82) is 0 Å². The fourth-order valence-electron chi connectivity index (χ4n) is 3.45. The Kier molecular flexibility index (Phi) is 4.73. The third kappa shape index (κ3) is 2.85. The molecule has 2 heteroatoms. The van der Waals surface area contributed by atoms with Gasteiger partial charge in [0.05, 0.1) is 0 Å². The van der Waals surface area contributed by atoms with Crippen LogP contribution in [-0.2, 0) is 11.0 Å². The van der Waals surface area contributed by atoms with Crippen LogP contribution in [0.15, 0.2) is 72.8 Å². The maximum Gasteiger partial charge on any atom is 0.171 e. The van der Waals surface area contributed by atoms with Gasteiger partial charge in [0.1, 0.15) is 0 Å². The molecule has 0 heterocycles. The Morgan fingerprint density at radius 2 is 1.29 bits per heavy atom. The fraction of sp³-hybridized carbons (Fsp3) is 0.182. The lowest BCUT2D eigenvalue weighted by Crippen LogP contribution is -2.29. The lowest BCUT2D eigenvalue weighted by molar-refractivity contribution is 0.592. The molecule has 0 fully saturated rings. The molecule has 0 N–H and O–H groups in total. The molecule has 24 heavy (non-hydrogen) atoms. The molecular weight excluding hydrogens is 311 g/mol. The molecule has 0 aliphatic carbocycles. The van der Waals surface area contributed by atoms with E-state index in [0.717, 1.165) is 27.9 Å². The van der Waals surface area contributed by atoms with E-state index in [9.17, 15) is 4.57 Å². The molecule has 3 aromatic rings. The first-order chi connectivity index (χ1) is 11.6. The largest absolute Gasteiger partial charge is 0.309 e. The number of hydrogen-bond donors (Lipinski definition) is 0. The maximum atomic E-state index is 14.5. The average molecular weight is 334 g/mol. The first kappa shape index (κ1) is 16.7. The van der Waals surface area contributed by atoms with Gasteiger partial charge in [-0.2, -0.15) is 0 Å². The second-order valence-electron chi connectivity index (χ2n) is 6.22. The predicted octanol–water partition coefficient (Wildman–Crippen LogP) is 4.51. The summed E-state index contributed by atoms with van der Waals surface area (Å²) in [6.07, 6.45) is 0.876. The van der Waals surface area contributed by atoms with Crippen LogP contribution in [0, 0.1) is 13.8 Å². The standard InChI is InChI=1S/C22H23OP/c1-4-19-16-17(2)15-18(3)22(19)24(23,20-11-7-5-8-12-20)21-13-9-6-10-14-21/h5-16H,4H2,1-3H3. The van der Waals surface area contributed by atoms with E-state index in [1.807, 2.05) is 60.7 Å². The van der Waals surface area contributed by atoms with E-state index in [2.05, 4.69) is 32.9 Å². The van der Waals surface area contributed by atoms with Crippen LogP contribution in [0.5, 0.6) is 0 Å². The van der Waals surface area contributed by atoms with Gasteiger partial charge in [0.15, 0.2) is 7.14 Å². The van der Waals surface area contributed by atoms with Crippen molar-refractivity contribution < 1.29 is 4.57 Å². The highest BCUT2D eigenvalue weighted by Crippen LogP contribution is 2.44. The second-order valence-corrected chi connectivity index (χ2v) is 8.92. The van der Waals surface area contributed by atoms with Crippen molar-refractivity contribution in [3.05, 3.63) is 89.5 Å². The summed E-state index contributed by atoms with van der Waals surface area (Å²) in [4.78, 5) is 0. The third-order valence-electron chi connectivity index (χ3n) is 4.46. The molecule has 3 aromatic carbocycles. The molecule has 1 nitrogen and oxygen atoms in total. The Balaban J connectivity index is 2.39. The lowest BCUT2D eigenvalue weighted by atomic mass is 10.1. The highest BCUT2D eigenvalue weighted by molar-refractivity contribution is 7.85. The van der Waals surface area contributed by atoms with Gasteiger partial charge in [0, 0.05) is 15.9 Å². The van der Waals surface area contributed by atoms with Crippen molar-refractivity contribution in [3.63, 3.8) is 0 Å². The molecule has 0 unspecified atom stereocenters. The molecule has 3 rings (SSSR count). The van der Waals surface area contributed by atoms with E-state index < -0.39 is 7.14 Å². The van der Waals surface area contributed by atoms with Crippen LogP contribution in [-0.4, -0.2) is 0 Å². The minimum absolute atomic E-state index is 0.876. The summed E-state index contributed by atoms with van der Waals surface area (Å²) in [7, 11) is -2.89. The van der Waals surface area contributed by atoms with E-state index in [1.54, 1.807) is 0 Å². The van der Waals surface area contributed by atoms with Crippen molar-refractivity contribution in [2.45, 2.75) is 27.2 Å². The quantitative estimate of drug-likeness (QED) is 0.642. The van der Waals surface area contributed by atoms with Crippen molar-refractivity contribution >= 4 is 23.1 Å². The Labute approximate surface area is 144 Å². The molecule has 0 spiro atoms. The number of benzene rings is 3. The number of aryl methyl sites for hydroxylation is 3. The lowest BCUT2D eigenvalue weighted by Gasteiger charge is -2.25. The zero-order valence-electron chi connectivity index (χ0n) is 14.5. The topological polar surface area (TPSA) is 17.1 Å². The molecule has 122 valence electrons. The van der Waals surface area contributed by atoms with Crippen molar-refractivity contribution in [2.75, 3.05) is 0 Å². The fourth-order valence-corrected chi connectivity index (χ4v) is 6.64. The van der Waals surface area contributed by atoms with E-state index in [-0.39, 0.29) is 0 Å². The summed E-state index contributed by atoms with van der Waals surface area (Å²) < 4.78 is 14.5. The Bertz CT molecular complexity index is 839. The SMILES string of the molecule is CCc1cc(C)cc(C)c1P(=O)(c1ccccc1)c1ccccc1. The van der Waals surface area contributed by atoms with Crippen molar-refractivity contribution in [1.82, 2.24) is 0 Å². The van der Waals surface area contributed by atoms with E-state index in [4.69, 9.17) is 0 Å². The summed E-state index contributed by atoms with van der Waals surface area (Å²) in [5, 5.41) is 2.81. The maximum absolute atomic E-state index is 14.5. The molecule has 0 aliphatic heterocycles. The van der Waals surface area contributed by atoms with Gasteiger partial charge in [-0.3, -0.25) is 0 Å². The molecule has 0 amide bonds. The van der Waals surface area contributed by atoms with Gasteiger partial charge in [-0.25, -0.2) is 0 Å². The summed E-state index contributed by atoms with van der Waals surface area (Å²) in [6.45, 7) is 6.32. The van der Waals surface area contributed by atoms with E-state index in [0.29, 0.717) is 0 Å². The number of rotatable bonds is 4. The van der Waals surface area contributed by atoms with Crippen molar-refractivity contribution in [2.24, 2.45) is 0 Å². The molecule has 0 radical (unpaired) electrons. The van der Waals surface area contributed by atoms with Gasteiger partial charge in [-0.15, -0.1) is 0 Å². The van der Waals surface area contributed by atoms with E-state index in [1.165, 1.54) is 11.1 Å². The van der Waals surface area contributed by atoms with Crippen molar-refractivity contribution in [3.8, 4) is 0 Å². The highest BCUT2D eigenvalue weighted by Gasteiger charge is 2.32. The van der Waals surface area contributed by atoms with Gasteiger partial charge >= 0.3 is 0 Å². The monoisotopic (exact) mass is 334 g/mol. The first-order valence-electron chi connectivity index (χ1n) is 8.39. The Morgan fingerprint density at radius 3 is 1.75 bits per heavy atom. The minimum Gasteiger partial charge on any atom is -0.309 e.